The van der Waals surface area contributed by atoms with Gasteiger partial charge < -0.3 is 0 Å². The number of hydrogen-bond donors (Lipinski definition) is 0. The molecule has 2 heteroatoms. The zero-order valence-corrected chi connectivity index (χ0v) is 12.1. The molecule has 0 saturated carbocycles. The third-order valence-corrected chi connectivity index (χ3v) is 4.04. The van der Waals surface area contributed by atoms with Gasteiger partial charge in [0.05, 0.1) is 6.20 Å². The van der Waals surface area contributed by atoms with E-state index in [4.69, 9.17) is 0 Å². The Labute approximate surface area is 115 Å². The average molecular weight is 254 g/mol. The molecule has 19 heavy (non-hydrogen) atoms. The van der Waals surface area contributed by atoms with Crippen LogP contribution in [0.25, 0.3) is 11.1 Å². The van der Waals surface area contributed by atoms with E-state index in [0.29, 0.717) is 0 Å². The number of fused-ring (bicyclic) bond motifs is 1. The van der Waals surface area contributed by atoms with E-state index in [-0.39, 0.29) is 5.41 Å². The highest BCUT2D eigenvalue weighted by atomic mass is 15.3. The van der Waals surface area contributed by atoms with Gasteiger partial charge in [0, 0.05) is 17.8 Å². The highest BCUT2D eigenvalue weighted by Gasteiger charge is 2.17. The Morgan fingerprint density at radius 2 is 1.79 bits per heavy atom. The molecule has 100 valence electrons. The fraction of sp³-hybridized carbons (Fsp3) is 0.471. The molecule has 0 atom stereocenters. The monoisotopic (exact) mass is 254 g/mol. The minimum Gasteiger partial charge on any atom is -0.269 e. The number of hydrogen-bond acceptors (Lipinski definition) is 1. The fourth-order valence-electron chi connectivity index (χ4n) is 2.81. The van der Waals surface area contributed by atoms with Gasteiger partial charge in [-0.2, -0.15) is 5.10 Å². The van der Waals surface area contributed by atoms with Crippen LogP contribution >= 0.6 is 0 Å². The van der Waals surface area contributed by atoms with Gasteiger partial charge in [0.25, 0.3) is 0 Å². The minimum absolute atomic E-state index is 0.219. The lowest BCUT2D eigenvalue weighted by molar-refractivity contribution is 0.487. The van der Waals surface area contributed by atoms with E-state index in [2.05, 4.69) is 54.8 Å². The molecule has 1 aromatic heterocycles. The van der Waals surface area contributed by atoms with Crippen molar-refractivity contribution in [1.82, 2.24) is 9.78 Å². The maximum Gasteiger partial charge on any atom is 0.0571 e. The molecule has 0 unspecified atom stereocenters. The summed E-state index contributed by atoms with van der Waals surface area (Å²) in [6.45, 7) is 7.84. The molecule has 0 fully saturated rings. The van der Waals surface area contributed by atoms with Gasteiger partial charge in [-0.3, -0.25) is 4.68 Å². The largest absolute Gasteiger partial charge is 0.269 e. The van der Waals surface area contributed by atoms with Crippen LogP contribution in [-0.2, 0) is 18.4 Å². The second-order valence-electron chi connectivity index (χ2n) is 6.51. The van der Waals surface area contributed by atoms with E-state index in [0.717, 1.165) is 13.0 Å². The summed E-state index contributed by atoms with van der Waals surface area (Å²) in [6, 6.07) is 8.99. The quantitative estimate of drug-likeness (QED) is 0.746. The van der Waals surface area contributed by atoms with E-state index >= 15 is 0 Å². The first kappa shape index (κ1) is 12.5. The fourth-order valence-corrected chi connectivity index (χ4v) is 2.81. The number of rotatable bonds is 1. The molecule has 0 radical (unpaired) electrons. The number of benzene rings is 1. The van der Waals surface area contributed by atoms with Gasteiger partial charge >= 0.3 is 0 Å². The topological polar surface area (TPSA) is 17.8 Å². The van der Waals surface area contributed by atoms with Crippen LogP contribution in [0.1, 0.15) is 44.9 Å². The Morgan fingerprint density at radius 3 is 2.47 bits per heavy atom. The first-order chi connectivity index (χ1) is 9.05. The second-order valence-corrected chi connectivity index (χ2v) is 6.51. The summed E-state index contributed by atoms with van der Waals surface area (Å²) < 4.78 is 2.18. The van der Waals surface area contributed by atoms with Crippen molar-refractivity contribution in [1.29, 1.82) is 0 Å². The first-order valence-electron chi connectivity index (χ1n) is 7.21. The van der Waals surface area contributed by atoms with E-state index < -0.39 is 0 Å². The molecule has 0 N–H and O–H groups in total. The summed E-state index contributed by atoms with van der Waals surface area (Å²) in [7, 11) is 0. The first-order valence-corrected chi connectivity index (χ1v) is 7.21. The van der Waals surface area contributed by atoms with Crippen molar-refractivity contribution >= 4 is 0 Å². The third-order valence-electron chi connectivity index (χ3n) is 4.04. The van der Waals surface area contributed by atoms with Crippen molar-refractivity contribution in [3.05, 3.63) is 41.7 Å². The van der Waals surface area contributed by atoms with Gasteiger partial charge in [-0.1, -0.05) is 45.0 Å². The summed E-state index contributed by atoms with van der Waals surface area (Å²) in [5, 5.41) is 4.52. The van der Waals surface area contributed by atoms with Crippen molar-refractivity contribution in [3.8, 4) is 11.1 Å². The highest BCUT2D eigenvalue weighted by molar-refractivity contribution is 5.66. The Balaban J connectivity index is 1.97. The molecule has 2 heterocycles. The van der Waals surface area contributed by atoms with Crippen molar-refractivity contribution in [2.24, 2.45) is 0 Å². The molecular formula is C17H22N2. The summed E-state index contributed by atoms with van der Waals surface area (Å²) in [5.74, 6) is 0. The van der Waals surface area contributed by atoms with Crippen LogP contribution in [-0.4, -0.2) is 9.78 Å². The minimum atomic E-state index is 0.219. The summed E-state index contributed by atoms with van der Waals surface area (Å²) in [5.41, 5.74) is 5.64. The van der Waals surface area contributed by atoms with Crippen molar-refractivity contribution in [2.45, 2.75) is 52.0 Å². The smallest absolute Gasteiger partial charge is 0.0571 e. The van der Waals surface area contributed by atoms with Crippen molar-refractivity contribution < 1.29 is 0 Å². The van der Waals surface area contributed by atoms with Gasteiger partial charge in [-0.15, -0.1) is 0 Å². The molecule has 2 aromatic rings. The summed E-state index contributed by atoms with van der Waals surface area (Å²) in [4.78, 5) is 0. The maximum atomic E-state index is 4.52. The Kier molecular flexibility index (Phi) is 2.96. The Bertz CT molecular complexity index is 570. The predicted octanol–water partition coefficient (Wildman–Crippen LogP) is 4.18. The van der Waals surface area contributed by atoms with Crippen LogP contribution in [0.5, 0.6) is 0 Å². The molecule has 1 aromatic carbocycles. The van der Waals surface area contributed by atoms with Gasteiger partial charge in [0.15, 0.2) is 0 Å². The van der Waals surface area contributed by atoms with Crippen molar-refractivity contribution in [3.63, 3.8) is 0 Å². The van der Waals surface area contributed by atoms with E-state index in [1.165, 1.54) is 35.2 Å². The normalized spacial score (nSPS) is 15.3. The lowest BCUT2D eigenvalue weighted by Crippen LogP contribution is -2.11. The van der Waals surface area contributed by atoms with Crippen LogP contribution in [0, 0.1) is 0 Å². The van der Waals surface area contributed by atoms with Gasteiger partial charge in [0.2, 0.25) is 0 Å². The van der Waals surface area contributed by atoms with Crippen LogP contribution in [0.2, 0.25) is 0 Å². The van der Waals surface area contributed by atoms with Crippen LogP contribution < -0.4 is 0 Å². The highest BCUT2D eigenvalue weighted by Crippen LogP contribution is 2.30. The average Bonchev–Trinajstić information content (AvgIpc) is 2.82. The standard InChI is InChI=1S/C17H22N2/c1-17(2,3)14-9-7-13(8-10-14)15-12-18-19-11-5-4-6-16(15)19/h7-10,12H,4-6,11H2,1-3H3. The number of aryl methyl sites for hydroxylation is 1. The maximum absolute atomic E-state index is 4.52. The van der Waals surface area contributed by atoms with E-state index in [9.17, 15) is 0 Å². The molecule has 0 aliphatic carbocycles. The molecular weight excluding hydrogens is 232 g/mol. The molecule has 0 saturated heterocycles. The summed E-state index contributed by atoms with van der Waals surface area (Å²) >= 11 is 0. The zero-order chi connectivity index (χ0) is 13.5. The third kappa shape index (κ3) is 2.32. The van der Waals surface area contributed by atoms with Gasteiger partial charge in [0.1, 0.15) is 0 Å². The Hall–Kier alpha value is -1.57. The van der Waals surface area contributed by atoms with Crippen LogP contribution in [0.15, 0.2) is 30.5 Å². The van der Waals surface area contributed by atoms with Gasteiger partial charge in [-0.05, 0) is 35.8 Å². The predicted molar refractivity (Wildman–Crippen MR) is 79.3 cm³/mol. The second kappa shape index (κ2) is 4.52. The number of nitrogens with zero attached hydrogens (tertiary/aromatic N) is 2. The summed E-state index contributed by atoms with van der Waals surface area (Å²) in [6.07, 6.45) is 5.75. The molecule has 1 aliphatic heterocycles. The lowest BCUT2D eigenvalue weighted by Gasteiger charge is -2.19. The van der Waals surface area contributed by atoms with Gasteiger partial charge in [-0.25, -0.2) is 0 Å². The molecule has 0 spiro atoms. The molecule has 0 bridgehead atoms. The van der Waals surface area contributed by atoms with E-state index in [1.54, 1.807) is 0 Å². The van der Waals surface area contributed by atoms with E-state index in [1.807, 2.05) is 6.20 Å². The van der Waals surface area contributed by atoms with Crippen molar-refractivity contribution in [2.75, 3.05) is 0 Å². The SMILES string of the molecule is CC(C)(C)c1ccc(-c2cnn3c2CCCC3)cc1. The lowest BCUT2D eigenvalue weighted by atomic mass is 9.86. The molecule has 1 aliphatic rings. The molecule has 2 nitrogen and oxygen atoms in total. The Morgan fingerprint density at radius 1 is 1.05 bits per heavy atom. The van der Waals surface area contributed by atoms with Crippen LogP contribution in [0.4, 0.5) is 0 Å². The van der Waals surface area contributed by atoms with Crippen LogP contribution in [0.3, 0.4) is 0 Å². The zero-order valence-electron chi connectivity index (χ0n) is 12.1. The molecule has 3 rings (SSSR count). The molecule has 0 amide bonds. The number of aromatic nitrogens is 2.